The van der Waals surface area contributed by atoms with E-state index in [9.17, 15) is 14.4 Å². The Kier molecular flexibility index (Phi) is 8.17. The number of amides is 3. The summed E-state index contributed by atoms with van der Waals surface area (Å²) in [4.78, 5) is 48.5. The first-order valence-electron chi connectivity index (χ1n) is 12.4. The Morgan fingerprint density at radius 1 is 1.28 bits per heavy atom. The number of nitrogens with one attached hydrogen (secondary N) is 4. The van der Waals surface area contributed by atoms with Crippen molar-refractivity contribution in [2.24, 2.45) is 0 Å². The first-order valence-corrected chi connectivity index (χ1v) is 13.1. The standard InChI is InChI=1S/C25H27Cl2N7O5/c26-15-1-2-18(19(27)7-15)25(12-34-6-5-28-14-34)38-11-17(39-25)10-30-23(36)21(8-16-9-29-13-31-16)33-24(37)20-3-4-22(35)32-20/h1-2,5-7,9,13-14,17,20-21H,3-4,8,10-12H2,(H,29,31)(H,30,36)(H,32,35)(H,33,37). The second-order valence-corrected chi connectivity index (χ2v) is 10.3. The molecule has 12 nitrogen and oxygen atoms in total. The highest BCUT2D eigenvalue weighted by Crippen LogP contribution is 2.40. The van der Waals surface area contributed by atoms with Crippen LogP contribution in [0.1, 0.15) is 24.1 Å². The molecule has 0 spiro atoms. The zero-order valence-electron chi connectivity index (χ0n) is 20.7. The van der Waals surface area contributed by atoms with E-state index in [0.717, 1.165) is 0 Å². The number of nitrogens with zero attached hydrogens (tertiary/aromatic N) is 3. The molecule has 4 N–H and O–H groups in total. The van der Waals surface area contributed by atoms with E-state index >= 15 is 0 Å². The lowest BCUT2D eigenvalue weighted by atomic mass is 10.1. The van der Waals surface area contributed by atoms with Crippen molar-refractivity contribution in [3.05, 3.63) is 70.7 Å². The van der Waals surface area contributed by atoms with E-state index in [1.165, 1.54) is 6.33 Å². The van der Waals surface area contributed by atoms with E-state index < -0.39 is 35.8 Å². The van der Waals surface area contributed by atoms with Crippen LogP contribution in [0.4, 0.5) is 0 Å². The van der Waals surface area contributed by atoms with Crippen LogP contribution in [-0.2, 0) is 42.6 Å². The van der Waals surface area contributed by atoms with Crippen LogP contribution in [-0.4, -0.2) is 68.6 Å². The molecule has 1 aromatic carbocycles. The first-order chi connectivity index (χ1) is 18.8. The lowest BCUT2D eigenvalue weighted by Crippen LogP contribution is -2.53. The summed E-state index contributed by atoms with van der Waals surface area (Å²) < 4.78 is 14.4. The minimum absolute atomic E-state index is 0.116. The number of benzene rings is 1. The summed E-state index contributed by atoms with van der Waals surface area (Å²) in [5.74, 6) is -2.26. The molecule has 4 heterocycles. The Morgan fingerprint density at radius 3 is 2.85 bits per heavy atom. The third-order valence-electron chi connectivity index (χ3n) is 6.58. The van der Waals surface area contributed by atoms with E-state index in [-0.39, 0.29) is 38.4 Å². The van der Waals surface area contributed by atoms with Gasteiger partial charge in [-0.3, -0.25) is 14.4 Å². The van der Waals surface area contributed by atoms with E-state index in [2.05, 4.69) is 30.9 Å². The van der Waals surface area contributed by atoms with Crippen LogP contribution in [0.3, 0.4) is 0 Å². The van der Waals surface area contributed by atoms with Crippen LogP contribution in [0, 0.1) is 0 Å². The summed E-state index contributed by atoms with van der Waals surface area (Å²) in [5, 5.41) is 9.09. The molecule has 4 unspecified atom stereocenters. The normalized spacial score (nSPS) is 23.4. The minimum Gasteiger partial charge on any atom is -0.352 e. The van der Waals surface area contributed by atoms with Crippen LogP contribution in [0.25, 0.3) is 0 Å². The lowest BCUT2D eigenvalue weighted by Gasteiger charge is -2.30. The predicted molar refractivity (Wildman–Crippen MR) is 140 cm³/mol. The van der Waals surface area contributed by atoms with Gasteiger partial charge in [0.2, 0.25) is 23.5 Å². The van der Waals surface area contributed by atoms with Gasteiger partial charge in [-0.1, -0.05) is 29.3 Å². The number of hydrogen-bond donors (Lipinski definition) is 4. The number of aromatic amines is 1. The van der Waals surface area contributed by atoms with Crippen LogP contribution >= 0.6 is 23.2 Å². The molecule has 39 heavy (non-hydrogen) atoms. The zero-order chi connectivity index (χ0) is 27.4. The van der Waals surface area contributed by atoms with Crippen molar-refractivity contribution in [2.45, 2.75) is 49.8 Å². The van der Waals surface area contributed by atoms with Crippen molar-refractivity contribution in [3.8, 4) is 0 Å². The third-order valence-corrected chi connectivity index (χ3v) is 7.13. The quantitative estimate of drug-likeness (QED) is 0.284. The molecule has 2 fully saturated rings. The molecule has 3 aromatic rings. The topological polar surface area (TPSA) is 152 Å². The van der Waals surface area contributed by atoms with Crippen molar-refractivity contribution in [2.75, 3.05) is 13.2 Å². The second-order valence-electron chi connectivity index (χ2n) is 9.41. The number of halogens is 2. The number of hydrogen-bond acceptors (Lipinski definition) is 7. The number of aromatic nitrogens is 4. The van der Waals surface area contributed by atoms with Gasteiger partial charge in [-0.2, -0.15) is 0 Å². The predicted octanol–water partition coefficient (Wildman–Crippen LogP) is 1.30. The van der Waals surface area contributed by atoms with Crippen LogP contribution in [0.2, 0.25) is 10.0 Å². The monoisotopic (exact) mass is 575 g/mol. The maximum atomic E-state index is 13.2. The molecule has 5 rings (SSSR count). The number of rotatable bonds is 10. The van der Waals surface area contributed by atoms with Crippen LogP contribution in [0.15, 0.2) is 49.4 Å². The average Bonchev–Trinajstić information content (AvgIpc) is 3.72. The van der Waals surface area contributed by atoms with Crippen molar-refractivity contribution in [3.63, 3.8) is 0 Å². The Balaban J connectivity index is 1.26. The summed E-state index contributed by atoms with van der Waals surface area (Å²) in [6.45, 7) is 0.565. The molecule has 3 amide bonds. The van der Waals surface area contributed by atoms with Gasteiger partial charge in [-0.05, 0) is 18.6 Å². The molecule has 14 heteroatoms. The maximum absolute atomic E-state index is 13.2. The fourth-order valence-electron chi connectivity index (χ4n) is 4.64. The van der Waals surface area contributed by atoms with Crippen molar-refractivity contribution >= 4 is 40.9 Å². The van der Waals surface area contributed by atoms with Gasteiger partial charge < -0.3 is 35.0 Å². The van der Waals surface area contributed by atoms with Gasteiger partial charge in [0.1, 0.15) is 18.2 Å². The minimum atomic E-state index is -1.23. The van der Waals surface area contributed by atoms with Crippen LogP contribution < -0.4 is 16.0 Å². The third kappa shape index (κ3) is 6.41. The number of carbonyl (C=O) groups excluding carboxylic acids is 3. The molecule has 0 bridgehead atoms. The molecule has 0 saturated carbocycles. The lowest BCUT2D eigenvalue weighted by molar-refractivity contribution is -0.186. The number of imidazole rings is 2. The summed E-state index contributed by atoms with van der Waals surface area (Å²) in [5.41, 5.74) is 1.27. The molecule has 2 saturated heterocycles. The smallest absolute Gasteiger partial charge is 0.243 e. The highest BCUT2D eigenvalue weighted by atomic mass is 35.5. The van der Waals surface area contributed by atoms with Gasteiger partial charge in [-0.25, -0.2) is 9.97 Å². The number of ether oxygens (including phenoxy) is 2. The largest absolute Gasteiger partial charge is 0.352 e. The van der Waals surface area contributed by atoms with Gasteiger partial charge >= 0.3 is 0 Å². The summed E-state index contributed by atoms with van der Waals surface area (Å²) >= 11 is 12.6. The van der Waals surface area contributed by atoms with Gasteiger partial charge in [0.05, 0.1) is 30.8 Å². The Hall–Kier alpha value is -3.45. The van der Waals surface area contributed by atoms with Gasteiger partial charge in [0.15, 0.2) is 0 Å². The number of H-pyrrole nitrogens is 1. The summed E-state index contributed by atoms with van der Waals surface area (Å²) in [6, 6.07) is 3.50. The fraction of sp³-hybridized carbons (Fsp3) is 0.400. The second kappa shape index (κ2) is 11.7. The molecule has 0 aliphatic carbocycles. The van der Waals surface area contributed by atoms with Crippen molar-refractivity contribution in [1.82, 2.24) is 35.5 Å². The Labute approximate surface area is 233 Å². The summed E-state index contributed by atoms with van der Waals surface area (Å²) in [7, 11) is 0. The molecule has 4 atom stereocenters. The maximum Gasteiger partial charge on any atom is 0.243 e. The molecular weight excluding hydrogens is 549 g/mol. The highest BCUT2D eigenvalue weighted by molar-refractivity contribution is 6.35. The fourth-order valence-corrected chi connectivity index (χ4v) is 5.19. The first kappa shape index (κ1) is 27.1. The van der Waals surface area contributed by atoms with Gasteiger partial charge in [0, 0.05) is 54.3 Å². The summed E-state index contributed by atoms with van der Waals surface area (Å²) in [6.07, 6.45) is 8.47. The average molecular weight is 576 g/mol. The van der Waals surface area contributed by atoms with E-state index in [1.54, 1.807) is 43.1 Å². The van der Waals surface area contributed by atoms with Crippen molar-refractivity contribution < 1.29 is 23.9 Å². The Morgan fingerprint density at radius 2 is 2.15 bits per heavy atom. The molecule has 2 aliphatic rings. The molecule has 0 radical (unpaired) electrons. The van der Waals surface area contributed by atoms with E-state index in [0.29, 0.717) is 27.7 Å². The van der Waals surface area contributed by atoms with Crippen LogP contribution in [0.5, 0.6) is 0 Å². The van der Waals surface area contributed by atoms with Gasteiger partial charge in [0.25, 0.3) is 0 Å². The SMILES string of the molecule is O=C1CCC(C(=O)NC(Cc2cnc[nH]2)C(=O)NCC2COC(Cn3ccnc3)(c3ccc(Cl)cc3Cl)O2)N1. The van der Waals surface area contributed by atoms with Crippen molar-refractivity contribution in [1.29, 1.82) is 0 Å². The van der Waals surface area contributed by atoms with E-state index in [4.69, 9.17) is 32.7 Å². The number of carbonyl (C=O) groups is 3. The Bertz CT molecular complexity index is 1320. The van der Waals surface area contributed by atoms with E-state index in [1.807, 2.05) is 4.57 Å². The molecule has 2 aromatic heterocycles. The highest BCUT2D eigenvalue weighted by Gasteiger charge is 2.45. The zero-order valence-corrected chi connectivity index (χ0v) is 22.2. The van der Waals surface area contributed by atoms with Gasteiger partial charge in [-0.15, -0.1) is 0 Å². The molecule has 206 valence electrons. The molecular formula is C25H27Cl2N7O5. The molecule has 2 aliphatic heterocycles.